The van der Waals surface area contributed by atoms with Gasteiger partial charge in [0.2, 0.25) is 0 Å². The van der Waals surface area contributed by atoms with Gasteiger partial charge in [-0.25, -0.2) is 0 Å². The van der Waals surface area contributed by atoms with Gasteiger partial charge in [0.15, 0.2) is 28.8 Å². The number of methoxy groups -OCH3 is 2. The Labute approximate surface area is 215 Å². The lowest BCUT2D eigenvalue weighted by molar-refractivity contribution is -0.113. The third-order valence-electron chi connectivity index (χ3n) is 5.06. The van der Waals surface area contributed by atoms with Crippen LogP contribution in [0.1, 0.15) is 17.5 Å². The van der Waals surface area contributed by atoms with Crippen LogP contribution in [0, 0.1) is 0 Å². The minimum Gasteiger partial charge on any atom is -0.504 e. The molecule has 192 valence electrons. The van der Waals surface area contributed by atoms with Crippen LogP contribution < -0.4 is 14.3 Å². The van der Waals surface area contributed by atoms with E-state index in [0.29, 0.717) is 11.1 Å². The summed E-state index contributed by atoms with van der Waals surface area (Å²) in [4.78, 5) is 14.9. The van der Waals surface area contributed by atoms with Crippen LogP contribution in [0.25, 0.3) is 12.2 Å². The van der Waals surface area contributed by atoms with Gasteiger partial charge in [-0.15, -0.1) is 0 Å². The van der Waals surface area contributed by atoms with Crippen molar-refractivity contribution in [2.24, 2.45) is 5.10 Å². The molecule has 0 radical (unpaired) electrons. The molecule has 0 aliphatic carbocycles. The summed E-state index contributed by atoms with van der Waals surface area (Å²) in [5.41, 5.74) is 1.40. The van der Waals surface area contributed by atoms with Crippen molar-refractivity contribution in [2.45, 2.75) is 11.3 Å². The molecule has 3 aromatic rings. The summed E-state index contributed by atoms with van der Waals surface area (Å²) in [5.74, 6) is 0.114. The zero-order valence-corrected chi connectivity index (χ0v) is 21.0. The fraction of sp³-hybridized carbons (Fsp3) is 0.111. The number of nitrogens with one attached hydrogen (secondary N) is 1. The molecule has 0 saturated carbocycles. The first-order valence-electron chi connectivity index (χ1n) is 11.0. The topological polar surface area (TPSA) is 135 Å². The third-order valence-corrected chi connectivity index (χ3v) is 6.28. The van der Waals surface area contributed by atoms with Crippen molar-refractivity contribution < 1.29 is 32.9 Å². The minimum atomic E-state index is -3.95. The van der Waals surface area contributed by atoms with E-state index in [-0.39, 0.29) is 45.8 Å². The molecule has 3 aromatic carbocycles. The average molecular weight is 523 g/mol. The molecule has 0 saturated heterocycles. The van der Waals surface area contributed by atoms with E-state index in [0.717, 1.165) is 0 Å². The molecule has 0 fully saturated rings. The number of aromatic hydroxyl groups is 2. The Bertz CT molecular complexity index is 1450. The van der Waals surface area contributed by atoms with Gasteiger partial charge in [0.05, 0.1) is 31.2 Å². The molecule has 10 heteroatoms. The molecule has 0 unspecified atom stereocenters. The van der Waals surface area contributed by atoms with Crippen LogP contribution in [0.4, 0.5) is 0 Å². The van der Waals surface area contributed by atoms with Crippen LogP contribution >= 0.6 is 0 Å². The third kappa shape index (κ3) is 7.71. The van der Waals surface area contributed by atoms with Gasteiger partial charge in [0, 0.05) is 0 Å². The van der Waals surface area contributed by atoms with Crippen molar-refractivity contribution in [3.63, 3.8) is 0 Å². The second-order valence-corrected chi connectivity index (χ2v) is 9.34. The lowest BCUT2D eigenvalue weighted by Crippen LogP contribution is -2.20. The van der Waals surface area contributed by atoms with Crippen LogP contribution in [0.15, 0.2) is 88.9 Å². The van der Waals surface area contributed by atoms with Gasteiger partial charge in [0.1, 0.15) is 0 Å². The lowest BCUT2D eigenvalue weighted by atomic mass is 10.1. The van der Waals surface area contributed by atoms with Crippen LogP contribution in [-0.4, -0.2) is 44.3 Å². The molecule has 0 aliphatic heterocycles. The number of phenolic OH excluding ortho intramolecular Hbond substituents is 2. The molecule has 0 amide bonds. The van der Waals surface area contributed by atoms with Gasteiger partial charge in [-0.2, -0.15) is 18.4 Å². The molecule has 37 heavy (non-hydrogen) atoms. The number of benzene rings is 3. The van der Waals surface area contributed by atoms with E-state index in [1.54, 1.807) is 54.6 Å². The second kappa shape index (κ2) is 12.4. The van der Waals surface area contributed by atoms with Gasteiger partial charge in [0.25, 0.3) is 10.0 Å². The van der Waals surface area contributed by atoms with Gasteiger partial charge < -0.3 is 19.7 Å². The monoisotopic (exact) mass is 522 g/mol. The van der Waals surface area contributed by atoms with Crippen molar-refractivity contribution >= 4 is 33.7 Å². The number of nitrogens with zero attached hydrogens (tertiary/aromatic N) is 1. The zero-order chi connectivity index (χ0) is 26.8. The number of ketones is 1. The van der Waals surface area contributed by atoms with Crippen LogP contribution in [0.3, 0.4) is 0 Å². The van der Waals surface area contributed by atoms with Crippen LogP contribution in [0.5, 0.6) is 23.0 Å². The minimum absolute atomic E-state index is 0.0258. The summed E-state index contributed by atoms with van der Waals surface area (Å²) in [5, 5.41) is 23.5. The molecule has 3 N–H and O–H groups in total. The largest absolute Gasteiger partial charge is 0.504 e. The summed E-state index contributed by atoms with van der Waals surface area (Å²) in [6, 6.07) is 17.0. The fourth-order valence-corrected chi connectivity index (χ4v) is 3.98. The van der Waals surface area contributed by atoms with E-state index in [1.165, 1.54) is 50.6 Å². The van der Waals surface area contributed by atoms with Crippen molar-refractivity contribution in [3.8, 4) is 23.0 Å². The smallest absolute Gasteiger partial charge is 0.276 e. The highest BCUT2D eigenvalue weighted by Gasteiger charge is 2.13. The fourth-order valence-electron chi connectivity index (χ4n) is 3.12. The van der Waals surface area contributed by atoms with Crippen molar-refractivity contribution in [2.75, 3.05) is 14.2 Å². The summed E-state index contributed by atoms with van der Waals surface area (Å²) in [6.07, 6.45) is 5.76. The first kappa shape index (κ1) is 27.0. The maximum atomic E-state index is 12.7. The SMILES string of the molecule is COc1cc(C=CC(=O)CC(C=Cc2ccc(O)c(OC)c2)=NNS(=O)(=O)c2ccccc2)ccc1O. The Kier molecular flexibility index (Phi) is 9.06. The normalized spacial score (nSPS) is 12.1. The highest BCUT2D eigenvalue weighted by molar-refractivity contribution is 7.89. The van der Waals surface area contributed by atoms with E-state index < -0.39 is 10.0 Å². The quantitative estimate of drug-likeness (QED) is 0.196. The molecular formula is C27H26N2O7S. The van der Waals surface area contributed by atoms with Crippen molar-refractivity contribution in [1.82, 2.24) is 4.83 Å². The average Bonchev–Trinajstić information content (AvgIpc) is 2.91. The first-order valence-corrected chi connectivity index (χ1v) is 12.5. The number of carbonyl (C=O) groups excluding carboxylic acids is 1. The molecule has 0 bridgehead atoms. The maximum Gasteiger partial charge on any atom is 0.276 e. The molecule has 3 rings (SSSR count). The maximum absolute atomic E-state index is 12.7. The number of sulfonamides is 1. The second-order valence-electron chi connectivity index (χ2n) is 7.68. The highest BCUT2D eigenvalue weighted by Crippen LogP contribution is 2.27. The Balaban J connectivity index is 1.84. The Morgan fingerprint density at radius 3 is 1.95 bits per heavy atom. The van der Waals surface area contributed by atoms with E-state index in [2.05, 4.69) is 9.93 Å². The predicted octanol–water partition coefficient (Wildman–Crippen LogP) is 4.14. The molecule has 0 heterocycles. The highest BCUT2D eigenvalue weighted by atomic mass is 32.2. The zero-order valence-electron chi connectivity index (χ0n) is 20.2. The lowest BCUT2D eigenvalue weighted by Gasteiger charge is -2.06. The van der Waals surface area contributed by atoms with E-state index >= 15 is 0 Å². The standard InChI is InChI=1S/C27H26N2O7S/c1-35-26-16-19(10-14-24(26)31)8-12-21(28-29-37(33,34)23-6-4-3-5-7-23)18-22(30)13-9-20-11-15-25(32)27(17-20)36-2/h3-17,29,31-32H,18H2,1-2H3. The summed E-state index contributed by atoms with van der Waals surface area (Å²) >= 11 is 0. The Morgan fingerprint density at radius 2 is 1.41 bits per heavy atom. The number of ether oxygens (including phenoxy) is 2. The molecular weight excluding hydrogens is 496 g/mol. The van der Waals surface area contributed by atoms with Crippen LogP contribution in [0.2, 0.25) is 0 Å². The van der Waals surface area contributed by atoms with Crippen molar-refractivity contribution in [1.29, 1.82) is 0 Å². The molecule has 0 aliphatic rings. The first-order chi connectivity index (χ1) is 17.7. The molecule has 0 atom stereocenters. The Morgan fingerprint density at radius 1 is 0.865 bits per heavy atom. The Hall–Kier alpha value is -4.57. The molecule has 0 aromatic heterocycles. The number of carbonyl (C=O) groups is 1. The summed E-state index contributed by atoms with van der Waals surface area (Å²) < 4.78 is 35.4. The van der Waals surface area contributed by atoms with Crippen LogP contribution in [-0.2, 0) is 14.8 Å². The predicted molar refractivity (Wildman–Crippen MR) is 141 cm³/mol. The van der Waals surface area contributed by atoms with E-state index in [4.69, 9.17) is 9.47 Å². The van der Waals surface area contributed by atoms with E-state index in [1.807, 2.05) is 0 Å². The number of hydrogen-bond acceptors (Lipinski definition) is 8. The number of hydrazone groups is 1. The van der Waals surface area contributed by atoms with Gasteiger partial charge in [-0.3, -0.25) is 4.79 Å². The van der Waals surface area contributed by atoms with Gasteiger partial charge >= 0.3 is 0 Å². The van der Waals surface area contributed by atoms with Gasteiger partial charge in [-0.1, -0.05) is 42.5 Å². The van der Waals surface area contributed by atoms with Crippen molar-refractivity contribution in [3.05, 3.63) is 90.0 Å². The summed E-state index contributed by atoms with van der Waals surface area (Å²) in [6.45, 7) is 0. The van der Waals surface area contributed by atoms with Gasteiger partial charge in [-0.05, 0) is 59.7 Å². The van der Waals surface area contributed by atoms with E-state index in [9.17, 15) is 23.4 Å². The number of hydrogen-bond donors (Lipinski definition) is 3. The summed E-state index contributed by atoms with van der Waals surface area (Å²) in [7, 11) is -1.11. The number of phenols is 2. The number of allylic oxidation sites excluding steroid dienone is 2. The molecule has 9 nitrogen and oxygen atoms in total. The number of rotatable bonds is 11. The molecule has 0 spiro atoms.